The Morgan fingerprint density at radius 3 is 2.58 bits per heavy atom. The monoisotopic (exact) mass is 346 g/mol. The van der Waals surface area contributed by atoms with Crippen LogP contribution in [0.15, 0.2) is 35.1 Å². The Hall–Kier alpha value is -2.41. The van der Waals surface area contributed by atoms with Gasteiger partial charge in [0.1, 0.15) is 0 Å². The number of anilines is 1. The van der Waals surface area contributed by atoms with Gasteiger partial charge >= 0.3 is 0 Å². The minimum Gasteiger partial charge on any atom is -0.375 e. The van der Waals surface area contributed by atoms with E-state index in [1.807, 2.05) is 19.2 Å². The third kappa shape index (κ3) is 5.06. The zero-order chi connectivity index (χ0) is 17.5. The van der Waals surface area contributed by atoms with Crippen LogP contribution in [0.4, 0.5) is 5.69 Å². The van der Waals surface area contributed by atoms with Gasteiger partial charge in [-0.15, -0.1) is 0 Å². The first-order chi connectivity index (χ1) is 11.5. The van der Waals surface area contributed by atoms with Crippen molar-refractivity contribution in [1.82, 2.24) is 15.3 Å². The van der Waals surface area contributed by atoms with Crippen molar-refractivity contribution in [3.63, 3.8) is 0 Å². The second-order valence-electron chi connectivity index (χ2n) is 5.62. The largest absolute Gasteiger partial charge is 0.375 e. The number of nitrogens with one attached hydrogen (secondary N) is 3. The Labute approximate surface area is 145 Å². The molecule has 0 aliphatic rings. The number of hydrogen-bond donors (Lipinski definition) is 3. The molecule has 0 bridgehead atoms. The summed E-state index contributed by atoms with van der Waals surface area (Å²) in [6, 6.07) is 8.85. The molecule has 128 valence electrons. The van der Waals surface area contributed by atoms with Crippen molar-refractivity contribution in [2.24, 2.45) is 0 Å². The summed E-state index contributed by atoms with van der Waals surface area (Å²) in [7, 11) is 2.04. The van der Waals surface area contributed by atoms with Crippen LogP contribution < -0.4 is 15.8 Å². The Morgan fingerprint density at radius 1 is 1.25 bits per heavy atom. The molecule has 1 aromatic carbocycles. The number of unbranched alkanes of at least 4 members (excludes halogenated alkanes) is 1. The predicted octanol–water partition coefficient (Wildman–Crippen LogP) is 2.60. The van der Waals surface area contributed by atoms with Gasteiger partial charge in [0.05, 0.1) is 6.54 Å². The van der Waals surface area contributed by atoms with E-state index in [1.54, 1.807) is 12.1 Å². The van der Waals surface area contributed by atoms with E-state index in [0.29, 0.717) is 11.3 Å². The van der Waals surface area contributed by atoms with Gasteiger partial charge in [0, 0.05) is 36.6 Å². The SMILES string of the molecule is CCCCN(C)c1ccc(C(=O)NCc2cc(=O)[nH]c(=S)[nH]2)cc1. The van der Waals surface area contributed by atoms with Crippen LogP contribution >= 0.6 is 12.2 Å². The van der Waals surface area contributed by atoms with Gasteiger partial charge in [-0.3, -0.25) is 14.6 Å². The van der Waals surface area contributed by atoms with Gasteiger partial charge in [-0.2, -0.15) is 0 Å². The first kappa shape index (κ1) is 17.9. The molecule has 24 heavy (non-hydrogen) atoms. The fourth-order valence-corrected chi connectivity index (χ4v) is 2.52. The lowest BCUT2D eigenvalue weighted by Crippen LogP contribution is -2.24. The highest BCUT2D eigenvalue weighted by atomic mass is 32.1. The first-order valence-corrected chi connectivity index (χ1v) is 8.32. The Bertz CT molecular complexity index is 767. The van der Waals surface area contributed by atoms with Crippen LogP contribution in [-0.2, 0) is 6.54 Å². The van der Waals surface area contributed by atoms with Gasteiger partial charge in [0.15, 0.2) is 4.77 Å². The molecule has 2 aromatic rings. The quantitative estimate of drug-likeness (QED) is 0.673. The van der Waals surface area contributed by atoms with Crippen molar-refractivity contribution in [2.45, 2.75) is 26.3 Å². The average Bonchev–Trinajstić information content (AvgIpc) is 2.57. The lowest BCUT2D eigenvalue weighted by molar-refractivity contribution is 0.0950. The highest BCUT2D eigenvalue weighted by molar-refractivity contribution is 7.71. The third-order valence-electron chi connectivity index (χ3n) is 3.67. The van der Waals surface area contributed by atoms with Crippen LogP contribution in [0.25, 0.3) is 0 Å². The molecule has 2 rings (SSSR count). The standard InChI is InChI=1S/C17H22N4O2S/c1-3-4-9-21(2)14-7-5-12(6-8-14)16(23)18-11-13-10-15(22)20-17(24)19-13/h5-8,10H,3-4,9,11H2,1-2H3,(H,18,23)(H2,19,20,22,24). The maximum absolute atomic E-state index is 12.2. The van der Waals surface area contributed by atoms with Crippen LogP contribution in [0.1, 0.15) is 35.8 Å². The number of aromatic amines is 2. The molecule has 6 nitrogen and oxygen atoms in total. The van der Waals surface area contributed by atoms with Crippen LogP contribution in [0.5, 0.6) is 0 Å². The number of carbonyl (C=O) groups excluding carboxylic acids is 1. The van der Waals surface area contributed by atoms with E-state index in [9.17, 15) is 9.59 Å². The molecule has 1 aromatic heterocycles. The Kier molecular flexibility index (Phi) is 6.31. The zero-order valence-corrected chi connectivity index (χ0v) is 14.7. The van der Waals surface area contributed by atoms with Crippen LogP contribution in [-0.4, -0.2) is 29.5 Å². The van der Waals surface area contributed by atoms with Crippen molar-refractivity contribution >= 4 is 23.8 Å². The molecule has 0 saturated heterocycles. The first-order valence-electron chi connectivity index (χ1n) is 7.91. The minimum atomic E-state index is -0.289. The molecular weight excluding hydrogens is 324 g/mol. The normalized spacial score (nSPS) is 10.4. The number of benzene rings is 1. The smallest absolute Gasteiger partial charge is 0.251 e. The van der Waals surface area contributed by atoms with E-state index in [2.05, 4.69) is 27.1 Å². The van der Waals surface area contributed by atoms with E-state index in [-0.39, 0.29) is 22.8 Å². The van der Waals surface area contributed by atoms with E-state index in [0.717, 1.165) is 25.1 Å². The molecule has 0 atom stereocenters. The van der Waals surface area contributed by atoms with E-state index < -0.39 is 0 Å². The van der Waals surface area contributed by atoms with Crippen LogP contribution in [0, 0.1) is 4.77 Å². The molecule has 0 aliphatic carbocycles. The lowest BCUT2D eigenvalue weighted by Gasteiger charge is -2.19. The zero-order valence-electron chi connectivity index (χ0n) is 13.9. The lowest BCUT2D eigenvalue weighted by atomic mass is 10.1. The van der Waals surface area contributed by atoms with Crippen molar-refractivity contribution < 1.29 is 4.79 Å². The van der Waals surface area contributed by atoms with Gasteiger partial charge in [-0.1, -0.05) is 13.3 Å². The highest BCUT2D eigenvalue weighted by Crippen LogP contribution is 2.14. The number of carbonyl (C=O) groups is 1. The molecule has 0 aliphatic heterocycles. The topological polar surface area (TPSA) is 81.0 Å². The highest BCUT2D eigenvalue weighted by Gasteiger charge is 2.07. The summed E-state index contributed by atoms with van der Waals surface area (Å²) in [6.07, 6.45) is 2.28. The summed E-state index contributed by atoms with van der Waals surface area (Å²) >= 11 is 4.90. The van der Waals surface area contributed by atoms with Gasteiger partial charge < -0.3 is 15.2 Å². The maximum Gasteiger partial charge on any atom is 0.251 e. The van der Waals surface area contributed by atoms with Crippen molar-refractivity contribution in [3.05, 3.63) is 56.7 Å². The molecule has 7 heteroatoms. The van der Waals surface area contributed by atoms with Crippen LogP contribution in [0.2, 0.25) is 0 Å². The Morgan fingerprint density at radius 2 is 1.96 bits per heavy atom. The molecule has 1 heterocycles. The Balaban J connectivity index is 1.97. The van der Waals surface area contributed by atoms with E-state index in [4.69, 9.17) is 12.2 Å². The second-order valence-corrected chi connectivity index (χ2v) is 6.03. The summed E-state index contributed by atoms with van der Waals surface area (Å²) in [6.45, 7) is 3.36. The number of aromatic nitrogens is 2. The molecule has 1 amide bonds. The summed E-state index contributed by atoms with van der Waals surface area (Å²) in [5.41, 5.74) is 1.93. The van der Waals surface area contributed by atoms with E-state index >= 15 is 0 Å². The minimum absolute atomic E-state index is 0.197. The summed E-state index contributed by atoms with van der Waals surface area (Å²) in [5.74, 6) is -0.197. The van der Waals surface area contributed by atoms with Gasteiger partial charge in [0.2, 0.25) is 0 Å². The fourth-order valence-electron chi connectivity index (χ4n) is 2.28. The summed E-state index contributed by atoms with van der Waals surface area (Å²) in [4.78, 5) is 31.0. The number of hydrogen-bond acceptors (Lipinski definition) is 4. The third-order valence-corrected chi connectivity index (χ3v) is 3.88. The van der Waals surface area contributed by atoms with Crippen molar-refractivity contribution in [3.8, 4) is 0 Å². The van der Waals surface area contributed by atoms with Crippen molar-refractivity contribution in [2.75, 3.05) is 18.5 Å². The number of H-pyrrole nitrogens is 2. The molecule has 3 N–H and O–H groups in total. The summed E-state index contributed by atoms with van der Waals surface area (Å²) in [5, 5.41) is 2.77. The fraction of sp³-hybridized carbons (Fsp3) is 0.353. The molecule has 0 radical (unpaired) electrons. The predicted molar refractivity (Wildman–Crippen MR) is 98.0 cm³/mol. The van der Waals surface area contributed by atoms with Crippen molar-refractivity contribution in [1.29, 1.82) is 0 Å². The van der Waals surface area contributed by atoms with Gasteiger partial charge in [-0.25, -0.2) is 0 Å². The second kappa shape index (κ2) is 8.44. The van der Waals surface area contributed by atoms with Gasteiger partial charge in [-0.05, 0) is 42.9 Å². The molecule has 0 spiro atoms. The average molecular weight is 346 g/mol. The molecule has 0 fully saturated rings. The number of rotatable bonds is 7. The molecular formula is C17H22N4O2S. The van der Waals surface area contributed by atoms with Gasteiger partial charge in [0.25, 0.3) is 11.5 Å². The molecule has 0 saturated carbocycles. The summed E-state index contributed by atoms with van der Waals surface area (Å²) < 4.78 is 0.242. The number of nitrogens with zero attached hydrogens (tertiary/aromatic N) is 1. The maximum atomic E-state index is 12.2. The number of amides is 1. The van der Waals surface area contributed by atoms with Crippen LogP contribution in [0.3, 0.4) is 0 Å². The van der Waals surface area contributed by atoms with E-state index in [1.165, 1.54) is 6.07 Å². The molecule has 0 unspecified atom stereocenters.